The molecule has 2 aliphatic heterocycles. The molecule has 3 heterocycles. The second-order valence-corrected chi connectivity index (χ2v) is 7.11. The third kappa shape index (κ3) is 3.10. The van der Waals surface area contributed by atoms with Crippen molar-refractivity contribution in [3.05, 3.63) is 47.9 Å². The molecule has 1 spiro atoms. The van der Waals surface area contributed by atoms with Gasteiger partial charge in [-0.1, -0.05) is 23.4 Å². The maximum atomic E-state index is 12.7. The standard InChI is InChI=1S/C19H21N3O4/c1-14-9-16(20-26-14)18(24)21-8-7-19(11-21)12-22(17(23)10-25-13-19)15-5-3-2-4-6-15/h2-6,9H,7-8,10-13H2,1H3. The van der Waals surface area contributed by atoms with Gasteiger partial charge in [-0.15, -0.1) is 0 Å². The van der Waals surface area contributed by atoms with Gasteiger partial charge >= 0.3 is 0 Å². The molecule has 0 N–H and O–H groups in total. The maximum absolute atomic E-state index is 12.7. The van der Waals surface area contributed by atoms with Gasteiger partial charge in [0.25, 0.3) is 11.8 Å². The number of para-hydroxylation sites is 1. The summed E-state index contributed by atoms with van der Waals surface area (Å²) in [5, 5.41) is 3.82. The fourth-order valence-electron chi connectivity index (χ4n) is 3.73. The van der Waals surface area contributed by atoms with Crippen molar-refractivity contribution in [2.24, 2.45) is 5.41 Å². The smallest absolute Gasteiger partial charge is 0.276 e. The summed E-state index contributed by atoms with van der Waals surface area (Å²) in [7, 11) is 0. The van der Waals surface area contributed by atoms with Gasteiger partial charge in [0.05, 0.1) is 6.61 Å². The van der Waals surface area contributed by atoms with Crippen LogP contribution in [0.1, 0.15) is 22.7 Å². The van der Waals surface area contributed by atoms with Crippen molar-refractivity contribution in [3.8, 4) is 0 Å². The molecule has 0 aliphatic carbocycles. The monoisotopic (exact) mass is 355 g/mol. The molecule has 2 aromatic rings. The van der Waals surface area contributed by atoms with Gasteiger partial charge in [0, 0.05) is 36.8 Å². The molecule has 1 atom stereocenters. The molecule has 4 rings (SSSR count). The number of nitrogens with zero attached hydrogens (tertiary/aromatic N) is 3. The van der Waals surface area contributed by atoms with E-state index in [2.05, 4.69) is 5.16 Å². The second-order valence-electron chi connectivity index (χ2n) is 7.11. The van der Waals surface area contributed by atoms with Crippen LogP contribution in [0, 0.1) is 12.3 Å². The lowest BCUT2D eigenvalue weighted by Gasteiger charge is -2.31. The van der Waals surface area contributed by atoms with Gasteiger partial charge in [0.1, 0.15) is 12.4 Å². The number of ether oxygens (including phenoxy) is 1. The highest BCUT2D eigenvalue weighted by Gasteiger charge is 2.44. The Kier molecular flexibility index (Phi) is 4.24. The van der Waals surface area contributed by atoms with Crippen LogP contribution in [-0.2, 0) is 9.53 Å². The van der Waals surface area contributed by atoms with Crippen molar-refractivity contribution in [1.82, 2.24) is 10.1 Å². The van der Waals surface area contributed by atoms with Crippen LogP contribution in [0.15, 0.2) is 40.9 Å². The molecular weight excluding hydrogens is 334 g/mol. The van der Waals surface area contributed by atoms with E-state index in [9.17, 15) is 9.59 Å². The lowest BCUT2D eigenvalue weighted by Crippen LogP contribution is -2.43. The zero-order valence-electron chi connectivity index (χ0n) is 14.7. The number of carbonyl (C=O) groups is 2. The molecule has 0 bridgehead atoms. The van der Waals surface area contributed by atoms with Crippen molar-refractivity contribution >= 4 is 17.5 Å². The van der Waals surface area contributed by atoms with E-state index in [1.807, 2.05) is 30.3 Å². The molecule has 136 valence electrons. The van der Waals surface area contributed by atoms with Gasteiger partial charge in [-0.2, -0.15) is 0 Å². The summed E-state index contributed by atoms with van der Waals surface area (Å²) < 4.78 is 10.7. The highest BCUT2D eigenvalue weighted by atomic mass is 16.5. The van der Waals surface area contributed by atoms with Gasteiger partial charge < -0.3 is 19.1 Å². The van der Waals surface area contributed by atoms with Crippen LogP contribution in [0.4, 0.5) is 5.69 Å². The number of hydrogen-bond acceptors (Lipinski definition) is 5. The van der Waals surface area contributed by atoms with Crippen molar-refractivity contribution in [2.45, 2.75) is 13.3 Å². The Morgan fingerprint density at radius 3 is 2.77 bits per heavy atom. The molecule has 0 radical (unpaired) electrons. The molecule has 2 saturated heterocycles. The van der Waals surface area contributed by atoms with E-state index in [-0.39, 0.29) is 23.8 Å². The minimum Gasteiger partial charge on any atom is -0.371 e. The first-order valence-electron chi connectivity index (χ1n) is 8.72. The summed E-state index contributed by atoms with van der Waals surface area (Å²) in [5.74, 6) is 0.423. The molecule has 1 aromatic carbocycles. The largest absolute Gasteiger partial charge is 0.371 e. The van der Waals surface area contributed by atoms with Crippen molar-refractivity contribution < 1.29 is 18.8 Å². The predicted octanol–water partition coefficient (Wildman–Crippen LogP) is 1.88. The van der Waals surface area contributed by atoms with Crippen molar-refractivity contribution in [2.75, 3.05) is 37.7 Å². The van der Waals surface area contributed by atoms with Gasteiger partial charge in [0.15, 0.2) is 5.69 Å². The first-order valence-corrected chi connectivity index (χ1v) is 8.72. The molecular formula is C19H21N3O4. The van der Waals surface area contributed by atoms with Crippen LogP contribution >= 0.6 is 0 Å². The Morgan fingerprint density at radius 1 is 1.23 bits per heavy atom. The Morgan fingerprint density at radius 2 is 2.04 bits per heavy atom. The van der Waals surface area contributed by atoms with E-state index < -0.39 is 0 Å². The molecule has 2 aliphatic rings. The topological polar surface area (TPSA) is 75.9 Å². The molecule has 0 saturated carbocycles. The zero-order chi connectivity index (χ0) is 18.1. The van der Waals surface area contributed by atoms with Crippen LogP contribution in [0.3, 0.4) is 0 Å². The summed E-state index contributed by atoms with van der Waals surface area (Å²) in [6, 6.07) is 11.3. The summed E-state index contributed by atoms with van der Waals surface area (Å²) >= 11 is 0. The molecule has 2 amide bonds. The van der Waals surface area contributed by atoms with Gasteiger partial charge in [-0.25, -0.2) is 0 Å². The first kappa shape index (κ1) is 16.8. The maximum Gasteiger partial charge on any atom is 0.276 e. The van der Waals surface area contributed by atoms with E-state index in [1.54, 1.807) is 22.8 Å². The van der Waals surface area contributed by atoms with Crippen LogP contribution in [0.25, 0.3) is 0 Å². The van der Waals surface area contributed by atoms with E-state index in [0.29, 0.717) is 37.7 Å². The number of benzene rings is 1. The van der Waals surface area contributed by atoms with Crippen LogP contribution in [-0.4, -0.2) is 54.7 Å². The van der Waals surface area contributed by atoms with Gasteiger partial charge in [0.2, 0.25) is 0 Å². The summed E-state index contributed by atoms with van der Waals surface area (Å²) in [6.07, 6.45) is 0.784. The summed E-state index contributed by atoms with van der Waals surface area (Å²) in [4.78, 5) is 28.7. The second kappa shape index (κ2) is 6.57. The fourth-order valence-corrected chi connectivity index (χ4v) is 3.73. The number of aryl methyl sites for hydroxylation is 1. The highest BCUT2D eigenvalue weighted by Crippen LogP contribution is 2.35. The number of likely N-dealkylation sites (tertiary alicyclic amines) is 1. The molecule has 1 unspecified atom stereocenters. The quantitative estimate of drug-likeness (QED) is 0.822. The average molecular weight is 355 g/mol. The number of aromatic nitrogens is 1. The minimum atomic E-state index is -0.267. The lowest BCUT2D eigenvalue weighted by atomic mass is 9.87. The third-order valence-electron chi connectivity index (χ3n) is 5.07. The zero-order valence-corrected chi connectivity index (χ0v) is 14.7. The number of carbonyl (C=O) groups excluding carboxylic acids is 2. The fraction of sp³-hybridized carbons (Fsp3) is 0.421. The van der Waals surface area contributed by atoms with E-state index in [0.717, 1.165) is 12.1 Å². The van der Waals surface area contributed by atoms with Crippen molar-refractivity contribution in [3.63, 3.8) is 0 Å². The number of anilines is 1. The number of amides is 2. The molecule has 7 heteroatoms. The van der Waals surface area contributed by atoms with E-state index >= 15 is 0 Å². The van der Waals surface area contributed by atoms with Gasteiger partial charge in [-0.05, 0) is 25.5 Å². The molecule has 2 fully saturated rings. The minimum absolute atomic E-state index is 0.0509. The van der Waals surface area contributed by atoms with E-state index in [4.69, 9.17) is 9.26 Å². The highest BCUT2D eigenvalue weighted by molar-refractivity contribution is 5.95. The summed E-state index contributed by atoms with van der Waals surface area (Å²) in [5.41, 5.74) is 0.917. The Hall–Kier alpha value is -2.67. The van der Waals surface area contributed by atoms with Gasteiger partial charge in [-0.3, -0.25) is 9.59 Å². The Balaban J connectivity index is 1.54. The molecule has 1 aromatic heterocycles. The van der Waals surface area contributed by atoms with Crippen LogP contribution in [0.2, 0.25) is 0 Å². The third-order valence-corrected chi connectivity index (χ3v) is 5.07. The Bertz CT molecular complexity index is 819. The predicted molar refractivity (Wildman–Crippen MR) is 93.8 cm³/mol. The SMILES string of the molecule is Cc1cc(C(=O)N2CCC3(COCC(=O)N(c4ccccc4)C3)C2)no1. The lowest BCUT2D eigenvalue weighted by molar-refractivity contribution is -0.122. The Labute approximate surface area is 151 Å². The van der Waals surface area contributed by atoms with E-state index in [1.165, 1.54) is 0 Å². The normalized spacial score (nSPS) is 23.5. The average Bonchev–Trinajstić information content (AvgIpc) is 3.22. The number of rotatable bonds is 2. The number of hydrogen-bond donors (Lipinski definition) is 0. The van der Waals surface area contributed by atoms with Crippen LogP contribution in [0.5, 0.6) is 0 Å². The van der Waals surface area contributed by atoms with Crippen LogP contribution < -0.4 is 4.90 Å². The van der Waals surface area contributed by atoms with Crippen molar-refractivity contribution in [1.29, 1.82) is 0 Å². The first-order chi connectivity index (χ1) is 12.6. The molecule has 7 nitrogen and oxygen atoms in total. The summed E-state index contributed by atoms with van der Waals surface area (Å²) in [6.45, 7) is 3.98. The molecule has 26 heavy (non-hydrogen) atoms.